The van der Waals surface area contributed by atoms with Crippen LogP contribution in [0, 0.1) is 0 Å². The molecule has 0 saturated heterocycles. The van der Waals surface area contributed by atoms with Crippen LogP contribution in [0.2, 0.25) is 0 Å². The molecule has 0 bridgehead atoms. The number of nitrogen functional groups attached to an aromatic ring is 2. The Labute approximate surface area is 187 Å². The standard InChI is InChI=1S/C27H38N2O2/c1-6-10-14-31-24-12-11-19(15-22(24)28)27(9-4)18-26(5,8-3)20-16-23(29)25(17-21(20)27)30-13-7-2/h6,11-12,15-17H,1,7-10,13-14,18,28-29H2,2-5H3. The molecule has 168 valence electrons. The second-order valence-electron chi connectivity index (χ2n) is 8.99. The topological polar surface area (TPSA) is 70.5 Å². The van der Waals surface area contributed by atoms with Gasteiger partial charge < -0.3 is 20.9 Å². The lowest BCUT2D eigenvalue weighted by molar-refractivity contribution is 0.318. The van der Waals surface area contributed by atoms with Gasteiger partial charge in [-0.15, -0.1) is 6.58 Å². The van der Waals surface area contributed by atoms with Gasteiger partial charge in [0.1, 0.15) is 11.5 Å². The number of ether oxygens (including phenoxy) is 2. The zero-order valence-electron chi connectivity index (χ0n) is 19.6. The van der Waals surface area contributed by atoms with Crippen LogP contribution in [0.3, 0.4) is 0 Å². The fourth-order valence-electron chi connectivity index (χ4n) is 5.01. The van der Waals surface area contributed by atoms with Crippen LogP contribution in [0.15, 0.2) is 43.0 Å². The molecule has 0 saturated carbocycles. The van der Waals surface area contributed by atoms with Gasteiger partial charge in [0.05, 0.1) is 24.6 Å². The Morgan fingerprint density at radius 2 is 1.65 bits per heavy atom. The van der Waals surface area contributed by atoms with E-state index in [2.05, 4.69) is 58.5 Å². The van der Waals surface area contributed by atoms with Crippen molar-refractivity contribution in [2.75, 3.05) is 24.7 Å². The molecular weight excluding hydrogens is 384 g/mol. The first-order valence-electron chi connectivity index (χ1n) is 11.6. The molecule has 4 N–H and O–H groups in total. The number of nitrogens with two attached hydrogens (primary N) is 2. The Bertz CT molecular complexity index is 939. The summed E-state index contributed by atoms with van der Waals surface area (Å²) in [4.78, 5) is 0. The van der Waals surface area contributed by atoms with E-state index in [1.807, 2.05) is 12.1 Å². The molecule has 2 unspecified atom stereocenters. The molecule has 1 aliphatic carbocycles. The molecule has 0 aromatic heterocycles. The molecule has 31 heavy (non-hydrogen) atoms. The van der Waals surface area contributed by atoms with Gasteiger partial charge in [0.2, 0.25) is 0 Å². The van der Waals surface area contributed by atoms with Crippen LogP contribution in [-0.2, 0) is 10.8 Å². The van der Waals surface area contributed by atoms with E-state index in [4.69, 9.17) is 20.9 Å². The van der Waals surface area contributed by atoms with Crippen molar-refractivity contribution in [2.45, 2.75) is 70.6 Å². The van der Waals surface area contributed by atoms with Crippen molar-refractivity contribution in [2.24, 2.45) is 0 Å². The Morgan fingerprint density at radius 1 is 0.935 bits per heavy atom. The molecule has 0 spiro atoms. The van der Waals surface area contributed by atoms with Crippen LogP contribution in [0.25, 0.3) is 0 Å². The minimum atomic E-state index is -0.133. The first kappa shape index (κ1) is 23.1. The van der Waals surface area contributed by atoms with Crippen molar-refractivity contribution in [1.82, 2.24) is 0 Å². The summed E-state index contributed by atoms with van der Waals surface area (Å²) in [7, 11) is 0. The van der Waals surface area contributed by atoms with Gasteiger partial charge in [0.25, 0.3) is 0 Å². The van der Waals surface area contributed by atoms with Gasteiger partial charge in [-0.1, -0.05) is 39.8 Å². The maximum absolute atomic E-state index is 6.43. The van der Waals surface area contributed by atoms with Crippen LogP contribution < -0.4 is 20.9 Å². The SMILES string of the molecule is C=CCCOc1ccc(C2(CC)CC(C)(CC)c3cc(N)c(OCCC)cc32)cc1N. The summed E-state index contributed by atoms with van der Waals surface area (Å²) < 4.78 is 11.8. The lowest BCUT2D eigenvalue weighted by Gasteiger charge is -2.33. The van der Waals surface area contributed by atoms with E-state index in [-0.39, 0.29) is 10.8 Å². The van der Waals surface area contributed by atoms with E-state index in [1.54, 1.807) is 0 Å². The summed E-state index contributed by atoms with van der Waals surface area (Å²) in [6.07, 6.45) is 6.64. The summed E-state index contributed by atoms with van der Waals surface area (Å²) in [5.74, 6) is 1.52. The van der Waals surface area contributed by atoms with Crippen LogP contribution in [0.4, 0.5) is 11.4 Å². The molecule has 3 rings (SSSR count). The van der Waals surface area contributed by atoms with E-state index >= 15 is 0 Å². The van der Waals surface area contributed by atoms with E-state index in [0.717, 1.165) is 49.3 Å². The highest BCUT2D eigenvalue weighted by molar-refractivity contribution is 5.66. The maximum atomic E-state index is 6.43. The van der Waals surface area contributed by atoms with Crippen molar-refractivity contribution < 1.29 is 9.47 Å². The molecule has 0 heterocycles. The number of fused-ring (bicyclic) bond motifs is 1. The van der Waals surface area contributed by atoms with Crippen molar-refractivity contribution in [3.05, 3.63) is 59.7 Å². The summed E-state index contributed by atoms with van der Waals surface area (Å²) in [6.45, 7) is 14.0. The third kappa shape index (κ3) is 4.13. The number of anilines is 2. The monoisotopic (exact) mass is 422 g/mol. The third-order valence-corrected chi connectivity index (χ3v) is 7.00. The average molecular weight is 423 g/mol. The molecule has 2 atom stereocenters. The maximum Gasteiger partial charge on any atom is 0.142 e. The zero-order chi connectivity index (χ0) is 22.6. The molecule has 4 heteroatoms. The normalized spacial score (nSPS) is 22.2. The van der Waals surface area contributed by atoms with Gasteiger partial charge >= 0.3 is 0 Å². The molecule has 1 aliphatic rings. The van der Waals surface area contributed by atoms with Gasteiger partial charge in [-0.05, 0) is 78.5 Å². The number of hydrogen-bond acceptors (Lipinski definition) is 4. The average Bonchev–Trinajstić information content (AvgIpc) is 3.02. The van der Waals surface area contributed by atoms with Crippen LogP contribution >= 0.6 is 0 Å². The molecule has 0 amide bonds. The van der Waals surface area contributed by atoms with Gasteiger partial charge in [-0.3, -0.25) is 0 Å². The number of rotatable bonds is 10. The smallest absolute Gasteiger partial charge is 0.142 e. The fraction of sp³-hybridized carbons (Fsp3) is 0.481. The second-order valence-corrected chi connectivity index (χ2v) is 8.99. The Morgan fingerprint density at radius 3 is 2.26 bits per heavy atom. The molecule has 0 fully saturated rings. The van der Waals surface area contributed by atoms with Crippen molar-refractivity contribution in [3.63, 3.8) is 0 Å². The van der Waals surface area contributed by atoms with E-state index in [0.29, 0.717) is 18.9 Å². The van der Waals surface area contributed by atoms with Crippen LogP contribution in [0.1, 0.15) is 76.5 Å². The van der Waals surface area contributed by atoms with Crippen molar-refractivity contribution in [1.29, 1.82) is 0 Å². The predicted molar refractivity (Wildman–Crippen MR) is 131 cm³/mol. The first-order valence-corrected chi connectivity index (χ1v) is 11.6. The summed E-state index contributed by atoms with van der Waals surface area (Å²) in [6, 6.07) is 10.6. The lowest BCUT2D eigenvalue weighted by atomic mass is 9.70. The highest BCUT2D eigenvalue weighted by atomic mass is 16.5. The zero-order valence-corrected chi connectivity index (χ0v) is 19.6. The van der Waals surface area contributed by atoms with Crippen molar-refractivity contribution >= 4 is 11.4 Å². The molecular formula is C27H38N2O2. The first-order chi connectivity index (χ1) is 14.8. The van der Waals surface area contributed by atoms with Gasteiger partial charge in [-0.25, -0.2) is 0 Å². The van der Waals surface area contributed by atoms with Gasteiger partial charge in [0, 0.05) is 5.41 Å². The quantitative estimate of drug-likeness (QED) is 0.265. The predicted octanol–water partition coefficient (Wildman–Crippen LogP) is 6.36. The minimum absolute atomic E-state index is 0.0522. The van der Waals surface area contributed by atoms with E-state index < -0.39 is 0 Å². The highest BCUT2D eigenvalue weighted by Gasteiger charge is 2.49. The third-order valence-electron chi connectivity index (χ3n) is 7.00. The second kappa shape index (κ2) is 9.25. The molecule has 4 nitrogen and oxygen atoms in total. The van der Waals surface area contributed by atoms with Crippen molar-refractivity contribution in [3.8, 4) is 11.5 Å². The lowest BCUT2D eigenvalue weighted by Crippen LogP contribution is -2.27. The molecule has 0 aliphatic heterocycles. The van der Waals surface area contributed by atoms with E-state index in [9.17, 15) is 0 Å². The summed E-state index contributed by atoms with van der Waals surface area (Å²) >= 11 is 0. The minimum Gasteiger partial charge on any atom is -0.491 e. The Hall–Kier alpha value is -2.62. The van der Waals surface area contributed by atoms with Crippen LogP contribution in [0.5, 0.6) is 11.5 Å². The molecule has 2 aromatic rings. The van der Waals surface area contributed by atoms with Gasteiger partial charge in [-0.2, -0.15) is 0 Å². The van der Waals surface area contributed by atoms with E-state index in [1.165, 1.54) is 16.7 Å². The summed E-state index contributed by atoms with van der Waals surface area (Å²) in [5.41, 5.74) is 18.1. The Kier molecular flexibility index (Phi) is 6.88. The van der Waals surface area contributed by atoms with Gasteiger partial charge in [0.15, 0.2) is 0 Å². The largest absolute Gasteiger partial charge is 0.491 e. The Balaban J connectivity index is 2.11. The molecule has 0 radical (unpaired) electrons. The molecule has 2 aromatic carbocycles. The number of benzene rings is 2. The fourth-order valence-corrected chi connectivity index (χ4v) is 5.01. The summed E-state index contributed by atoms with van der Waals surface area (Å²) in [5, 5.41) is 0. The number of hydrogen-bond donors (Lipinski definition) is 2. The van der Waals surface area contributed by atoms with Crippen LogP contribution in [-0.4, -0.2) is 13.2 Å². The highest BCUT2D eigenvalue weighted by Crippen LogP contribution is 2.58.